The maximum absolute atomic E-state index is 11.8. The molecule has 0 amide bonds. The number of aliphatic hydroxyl groups is 1. The van der Waals surface area contributed by atoms with Gasteiger partial charge in [-0.15, -0.1) is 0 Å². The highest BCUT2D eigenvalue weighted by Crippen LogP contribution is 2.32. The van der Waals surface area contributed by atoms with Crippen LogP contribution < -0.4 is 4.72 Å². The van der Waals surface area contributed by atoms with Gasteiger partial charge in [0.15, 0.2) is 0 Å². The SMILES string of the molecule is CC(O)(CNS(=O)(=O)CCC1CC1)c1ccccc1. The van der Waals surface area contributed by atoms with Crippen LogP contribution in [0.4, 0.5) is 0 Å². The Kier molecular flexibility index (Phi) is 4.28. The van der Waals surface area contributed by atoms with Gasteiger partial charge in [-0.1, -0.05) is 43.2 Å². The van der Waals surface area contributed by atoms with Crippen molar-refractivity contribution in [3.63, 3.8) is 0 Å². The standard InChI is InChI=1S/C14H21NO3S/c1-14(16,13-5-3-2-4-6-13)11-15-19(17,18)10-9-12-7-8-12/h2-6,12,15-16H,7-11H2,1H3. The molecule has 0 spiro atoms. The van der Waals surface area contributed by atoms with Crippen molar-refractivity contribution in [1.82, 2.24) is 4.72 Å². The quantitative estimate of drug-likeness (QED) is 0.799. The van der Waals surface area contributed by atoms with Gasteiger partial charge >= 0.3 is 0 Å². The summed E-state index contributed by atoms with van der Waals surface area (Å²) in [5, 5.41) is 10.3. The summed E-state index contributed by atoms with van der Waals surface area (Å²) in [6, 6.07) is 9.09. The zero-order valence-corrected chi connectivity index (χ0v) is 12.0. The van der Waals surface area contributed by atoms with E-state index in [0.29, 0.717) is 11.5 Å². The molecule has 1 aromatic rings. The lowest BCUT2D eigenvalue weighted by molar-refractivity contribution is 0.0627. The predicted molar refractivity (Wildman–Crippen MR) is 75.1 cm³/mol. The monoisotopic (exact) mass is 283 g/mol. The molecule has 2 N–H and O–H groups in total. The Morgan fingerprint density at radius 1 is 1.32 bits per heavy atom. The summed E-state index contributed by atoms with van der Waals surface area (Å²) in [7, 11) is -3.29. The van der Waals surface area contributed by atoms with Gasteiger partial charge in [0, 0.05) is 6.54 Å². The number of nitrogens with one attached hydrogen (secondary N) is 1. The molecule has 0 bridgehead atoms. The second-order valence-corrected chi connectivity index (χ2v) is 7.44. The number of hydrogen-bond donors (Lipinski definition) is 2. The molecule has 1 aliphatic rings. The van der Waals surface area contributed by atoms with E-state index in [-0.39, 0.29) is 12.3 Å². The molecule has 2 rings (SSSR count). The van der Waals surface area contributed by atoms with Crippen molar-refractivity contribution < 1.29 is 13.5 Å². The Labute approximate surface area is 114 Å². The van der Waals surface area contributed by atoms with Crippen LogP contribution in [0.1, 0.15) is 31.7 Å². The zero-order valence-electron chi connectivity index (χ0n) is 11.2. The molecule has 5 heteroatoms. The summed E-state index contributed by atoms with van der Waals surface area (Å²) in [6.45, 7) is 1.62. The van der Waals surface area contributed by atoms with Gasteiger partial charge in [-0.3, -0.25) is 0 Å². The van der Waals surface area contributed by atoms with E-state index < -0.39 is 15.6 Å². The second kappa shape index (κ2) is 5.61. The highest BCUT2D eigenvalue weighted by molar-refractivity contribution is 7.89. The molecule has 1 saturated carbocycles. The van der Waals surface area contributed by atoms with Gasteiger partial charge in [-0.25, -0.2) is 13.1 Å². The maximum Gasteiger partial charge on any atom is 0.211 e. The first-order chi connectivity index (χ1) is 8.89. The fourth-order valence-corrected chi connectivity index (χ4v) is 3.24. The van der Waals surface area contributed by atoms with E-state index >= 15 is 0 Å². The van der Waals surface area contributed by atoms with Crippen molar-refractivity contribution in [3.8, 4) is 0 Å². The van der Waals surface area contributed by atoms with Crippen LogP contribution in [0.25, 0.3) is 0 Å². The largest absolute Gasteiger partial charge is 0.384 e. The van der Waals surface area contributed by atoms with Crippen LogP contribution in [0.3, 0.4) is 0 Å². The van der Waals surface area contributed by atoms with Crippen molar-refractivity contribution in [3.05, 3.63) is 35.9 Å². The molecule has 0 aromatic heterocycles. The average molecular weight is 283 g/mol. The third kappa shape index (κ3) is 4.60. The number of sulfonamides is 1. The number of hydrogen-bond acceptors (Lipinski definition) is 3. The zero-order chi connectivity index (χ0) is 13.9. The van der Waals surface area contributed by atoms with Crippen LogP contribution in [0.15, 0.2) is 30.3 Å². The molecule has 0 radical (unpaired) electrons. The molecule has 1 aliphatic carbocycles. The predicted octanol–water partition coefficient (Wildman–Crippen LogP) is 1.61. The van der Waals surface area contributed by atoms with E-state index in [0.717, 1.165) is 19.3 Å². The van der Waals surface area contributed by atoms with E-state index in [9.17, 15) is 13.5 Å². The van der Waals surface area contributed by atoms with Gasteiger partial charge in [-0.2, -0.15) is 0 Å². The van der Waals surface area contributed by atoms with Crippen molar-refractivity contribution in [2.24, 2.45) is 5.92 Å². The molecule has 1 unspecified atom stereocenters. The van der Waals surface area contributed by atoms with Crippen LogP contribution in [0.5, 0.6) is 0 Å². The van der Waals surface area contributed by atoms with Gasteiger partial charge in [0.1, 0.15) is 5.60 Å². The molecule has 1 atom stereocenters. The third-order valence-corrected chi connectivity index (χ3v) is 4.88. The maximum atomic E-state index is 11.8. The van der Waals surface area contributed by atoms with Crippen molar-refractivity contribution in [2.45, 2.75) is 31.8 Å². The minimum Gasteiger partial charge on any atom is -0.384 e. The normalized spacial score (nSPS) is 19.1. The Morgan fingerprint density at radius 2 is 1.95 bits per heavy atom. The summed E-state index contributed by atoms with van der Waals surface area (Å²) in [5.74, 6) is 0.744. The van der Waals surface area contributed by atoms with Gasteiger partial charge in [-0.05, 0) is 24.8 Å². The van der Waals surface area contributed by atoms with Crippen LogP contribution >= 0.6 is 0 Å². The Hall–Kier alpha value is -0.910. The first kappa shape index (κ1) is 14.5. The van der Waals surface area contributed by atoms with Gasteiger partial charge < -0.3 is 5.11 Å². The molecule has 0 saturated heterocycles. The summed E-state index contributed by atoms with van der Waals surface area (Å²) in [4.78, 5) is 0. The summed E-state index contributed by atoms with van der Waals surface area (Å²) >= 11 is 0. The van der Waals surface area contributed by atoms with Crippen LogP contribution in [-0.2, 0) is 15.6 Å². The minimum atomic E-state index is -3.29. The van der Waals surface area contributed by atoms with Crippen molar-refractivity contribution in [1.29, 1.82) is 0 Å². The Balaban J connectivity index is 1.89. The first-order valence-electron chi connectivity index (χ1n) is 6.64. The fraction of sp³-hybridized carbons (Fsp3) is 0.571. The van der Waals surface area contributed by atoms with Gasteiger partial charge in [0.25, 0.3) is 0 Å². The Bertz CT molecular complexity index is 507. The molecule has 1 fully saturated rings. The molecule has 4 nitrogen and oxygen atoms in total. The molecule has 19 heavy (non-hydrogen) atoms. The smallest absolute Gasteiger partial charge is 0.211 e. The van der Waals surface area contributed by atoms with Crippen LogP contribution in [-0.4, -0.2) is 25.8 Å². The highest BCUT2D eigenvalue weighted by atomic mass is 32.2. The first-order valence-corrected chi connectivity index (χ1v) is 8.29. The molecule has 106 valence electrons. The van der Waals surface area contributed by atoms with Gasteiger partial charge in [0.2, 0.25) is 10.0 Å². The highest BCUT2D eigenvalue weighted by Gasteiger charge is 2.27. The summed E-state index contributed by atoms with van der Waals surface area (Å²) < 4.78 is 26.1. The van der Waals surface area contributed by atoms with Gasteiger partial charge in [0.05, 0.1) is 5.75 Å². The van der Waals surface area contributed by atoms with Crippen LogP contribution in [0, 0.1) is 5.92 Å². The Morgan fingerprint density at radius 3 is 2.53 bits per heavy atom. The molecule has 0 heterocycles. The topological polar surface area (TPSA) is 66.4 Å². The molecular weight excluding hydrogens is 262 g/mol. The molecule has 1 aromatic carbocycles. The summed E-state index contributed by atoms with van der Waals surface area (Å²) in [5.41, 5.74) is -0.478. The number of rotatable bonds is 7. The average Bonchev–Trinajstić information content (AvgIpc) is 3.20. The lowest BCUT2D eigenvalue weighted by Gasteiger charge is -2.24. The minimum absolute atomic E-state index is 0.00398. The van der Waals surface area contributed by atoms with E-state index in [1.165, 1.54) is 0 Å². The van der Waals surface area contributed by atoms with E-state index in [1.54, 1.807) is 19.1 Å². The lowest BCUT2D eigenvalue weighted by atomic mass is 9.97. The van der Waals surface area contributed by atoms with Crippen molar-refractivity contribution >= 4 is 10.0 Å². The number of benzene rings is 1. The summed E-state index contributed by atoms with van der Waals surface area (Å²) in [6.07, 6.45) is 3.03. The fourth-order valence-electron chi connectivity index (χ4n) is 1.95. The van der Waals surface area contributed by atoms with E-state index in [1.807, 2.05) is 18.2 Å². The third-order valence-electron chi connectivity index (χ3n) is 3.52. The van der Waals surface area contributed by atoms with Crippen LogP contribution in [0.2, 0.25) is 0 Å². The second-order valence-electron chi connectivity index (χ2n) is 5.51. The lowest BCUT2D eigenvalue weighted by Crippen LogP contribution is -2.39. The molecular formula is C14H21NO3S. The van der Waals surface area contributed by atoms with Crippen molar-refractivity contribution in [2.75, 3.05) is 12.3 Å². The van der Waals surface area contributed by atoms with E-state index in [4.69, 9.17) is 0 Å². The van der Waals surface area contributed by atoms with E-state index in [2.05, 4.69) is 4.72 Å². The molecule has 0 aliphatic heterocycles.